The third-order valence-electron chi connectivity index (χ3n) is 4.85. The first-order valence-corrected chi connectivity index (χ1v) is 13.0. The molecule has 3 rings (SSSR count). The van der Waals surface area contributed by atoms with Gasteiger partial charge in [0, 0.05) is 35.7 Å². The summed E-state index contributed by atoms with van der Waals surface area (Å²) < 4.78 is 26.8. The van der Waals surface area contributed by atoms with Gasteiger partial charge in [-0.25, -0.2) is 8.42 Å². The van der Waals surface area contributed by atoms with Crippen molar-refractivity contribution in [3.05, 3.63) is 94.5 Å². The molecule has 0 aliphatic rings. The Labute approximate surface area is 198 Å². The van der Waals surface area contributed by atoms with Crippen LogP contribution in [0.1, 0.15) is 21.5 Å². The maximum absolute atomic E-state index is 12.8. The molecule has 0 unspecified atom stereocenters. The second kappa shape index (κ2) is 10.9. The van der Waals surface area contributed by atoms with Crippen molar-refractivity contribution in [2.45, 2.75) is 17.6 Å². The van der Waals surface area contributed by atoms with Gasteiger partial charge in [-0.3, -0.25) is 9.10 Å². The minimum atomic E-state index is -3.72. The molecule has 0 radical (unpaired) electrons. The highest BCUT2D eigenvalue weighted by Gasteiger charge is 2.21. The van der Waals surface area contributed by atoms with Gasteiger partial charge < -0.3 is 5.32 Å². The van der Waals surface area contributed by atoms with Crippen LogP contribution in [0.3, 0.4) is 0 Å². The summed E-state index contributed by atoms with van der Waals surface area (Å²) in [5.74, 6) is 1.52. The quantitative estimate of drug-likeness (QED) is 0.424. The molecule has 8 heteroatoms. The van der Waals surface area contributed by atoms with Gasteiger partial charge in [-0.05, 0) is 61.0 Å². The van der Waals surface area contributed by atoms with E-state index in [1.807, 2.05) is 0 Å². The molecular formula is C24H25ClN2O3S2. The van der Waals surface area contributed by atoms with Gasteiger partial charge in [0.1, 0.15) is 0 Å². The lowest BCUT2D eigenvalue weighted by Gasteiger charge is -2.19. The van der Waals surface area contributed by atoms with Gasteiger partial charge in [-0.1, -0.05) is 41.4 Å². The van der Waals surface area contributed by atoms with E-state index in [1.54, 1.807) is 36.0 Å². The molecule has 168 valence electrons. The van der Waals surface area contributed by atoms with E-state index in [4.69, 9.17) is 11.6 Å². The fourth-order valence-electron chi connectivity index (χ4n) is 3.06. The van der Waals surface area contributed by atoms with Crippen LogP contribution in [0, 0.1) is 6.92 Å². The van der Waals surface area contributed by atoms with Crippen molar-refractivity contribution in [3.8, 4) is 0 Å². The summed E-state index contributed by atoms with van der Waals surface area (Å²) in [6.45, 7) is 2.63. The van der Waals surface area contributed by atoms with Gasteiger partial charge in [0.25, 0.3) is 15.9 Å². The van der Waals surface area contributed by atoms with E-state index >= 15 is 0 Å². The second-order valence-corrected chi connectivity index (χ2v) is 10.8. The fraction of sp³-hybridized carbons (Fsp3) is 0.208. The second-order valence-electron chi connectivity index (χ2n) is 7.27. The number of nitrogens with zero attached hydrogens (tertiary/aromatic N) is 1. The Bertz CT molecular complexity index is 1160. The van der Waals surface area contributed by atoms with Crippen molar-refractivity contribution in [1.29, 1.82) is 0 Å². The molecule has 3 aromatic rings. The largest absolute Gasteiger partial charge is 0.351 e. The van der Waals surface area contributed by atoms with E-state index in [9.17, 15) is 13.2 Å². The third kappa shape index (κ3) is 6.28. The van der Waals surface area contributed by atoms with Crippen molar-refractivity contribution in [1.82, 2.24) is 5.32 Å². The van der Waals surface area contributed by atoms with E-state index < -0.39 is 10.0 Å². The molecule has 32 heavy (non-hydrogen) atoms. The van der Waals surface area contributed by atoms with Crippen LogP contribution in [0.4, 0.5) is 5.69 Å². The number of carbonyl (C=O) groups excluding carboxylic acids is 1. The Hall–Kier alpha value is -2.48. The first-order valence-electron chi connectivity index (χ1n) is 10.0. The normalized spacial score (nSPS) is 11.2. The highest BCUT2D eigenvalue weighted by atomic mass is 35.5. The van der Waals surface area contributed by atoms with Crippen LogP contribution in [0.2, 0.25) is 5.02 Å². The summed E-state index contributed by atoms with van der Waals surface area (Å²) in [5, 5.41) is 3.37. The Balaban J connectivity index is 1.52. The molecule has 0 aromatic heterocycles. The number of anilines is 1. The van der Waals surface area contributed by atoms with Gasteiger partial charge in [-0.2, -0.15) is 11.8 Å². The van der Waals surface area contributed by atoms with Crippen LogP contribution in [-0.4, -0.2) is 33.7 Å². The molecule has 0 aliphatic heterocycles. The fourth-order valence-corrected chi connectivity index (χ4v) is 5.18. The van der Waals surface area contributed by atoms with Crippen LogP contribution >= 0.6 is 23.4 Å². The van der Waals surface area contributed by atoms with Crippen LogP contribution in [-0.2, 0) is 15.8 Å². The summed E-state index contributed by atoms with van der Waals surface area (Å²) in [6, 6.07) is 20.9. The molecule has 0 atom stereocenters. The zero-order chi connectivity index (χ0) is 23.1. The smallest absolute Gasteiger partial charge is 0.264 e. The molecule has 1 N–H and O–H groups in total. The highest BCUT2D eigenvalue weighted by Crippen LogP contribution is 2.23. The Morgan fingerprint density at radius 1 is 1.03 bits per heavy atom. The number of halogens is 1. The highest BCUT2D eigenvalue weighted by molar-refractivity contribution is 7.98. The number of thioether (sulfide) groups is 1. The number of rotatable bonds is 9. The SMILES string of the molecule is Cc1cccc(CSCCNC(=O)c2ccc(N(C)S(=O)(=O)c3ccc(Cl)cc3)cc2)c1. The van der Waals surface area contributed by atoms with Crippen LogP contribution in [0.15, 0.2) is 77.7 Å². The monoisotopic (exact) mass is 488 g/mol. The number of hydrogen-bond donors (Lipinski definition) is 1. The van der Waals surface area contributed by atoms with Crippen molar-refractivity contribution in [2.75, 3.05) is 23.7 Å². The Morgan fingerprint density at radius 3 is 2.38 bits per heavy atom. The number of aryl methyl sites for hydroxylation is 1. The number of sulfonamides is 1. The Kier molecular flexibility index (Phi) is 8.23. The molecule has 0 saturated carbocycles. The van der Waals surface area contributed by atoms with Gasteiger partial charge >= 0.3 is 0 Å². The van der Waals surface area contributed by atoms with Crippen molar-refractivity contribution in [2.24, 2.45) is 0 Å². The molecule has 0 bridgehead atoms. The Morgan fingerprint density at radius 2 is 1.72 bits per heavy atom. The van der Waals surface area contributed by atoms with Gasteiger partial charge in [-0.15, -0.1) is 0 Å². The molecule has 5 nitrogen and oxygen atoms in total. The van der Waals surface area contributed by atoms with Crippen molar-refractivity contribution >= 4 is 45.0 Å². The lowest BCUT2D eigenvalue weighted by Crippen LogP contribution is -2.27. The molecule has 0 heterocycles. The van der Waals surface area contributed by atoms with E-state index in [2.05, 4.69) is 36.5 Å². The molecule has 3 aromatic carbocycles. The number of nitrogens with one attached hydrogen (secondary N) is 1. The first-order chi connectivity index (χ1) is 15.3. The minimum Gasteiger partial charge on any atom is -0.351 e. The van der Waals surface area contributed by atoms with E-state index in [0.29, 0.717) is 22.8 Å². The lowest BCUT2D eigenvalue weighted by atomic mass is 10.2. The maximum atomic E-state index is 12.8. The van der Waals surface area contributed by atoms with Gasteiger partial charge in [0.05, 0.1) is 10.6 Å². The summed E-state index contributed by atoms with van der Waals surface area (Å²) in [4.78, 5) is 12.5. The number of carbonyl (C=O) groups is 1. The molecule has 0 saturated heterocycles. The first kappa shape index (κ1) is 24.2. The van der Waals surface area contributed by atoms with Crippen LogP contribution in [0.25, 0.3) is 0 Å². The predicted molar refractivity (Wildman–Crippen MR) is 133 cm³/mol. The third-order valence-corrected chi connectivity index (χ3v) is 7.93. The molecule has 0 spiro atoms. The number of amides is 1. The predicted octanol–water partition coefficient (Wildman–Crippen LogP) is 5.14. The van der Waals surface area contributed by atoms with Gasteiger partial charge in [0.15, 0.2) is 0 Å². The maximum Gasteiger partial charge on any atom is 0.264 e. The average molecular weight is 489 g/mol. The van der Waals surface area contributed by atoms with Crippen molar-refractivity contribution < 1.29 is 13.2 Å². The minimum absolute atomic E-state index is 0.148. The van der Waals surface area contributed by atoms with Gasteiger partial charge in [0.2, 0.25) is 0 Å². The number of benzene rings is 3. The molecule has 0 fully saturated rings. The summed E-state index contributed by atoms with van der Waals surface area (Å²) in [7, 11) is -2.24. The van der Waals surface area contributed by atoms with E-state index in [1.165, 1.54) is 46.7 Å². The van der Waals surface area contributed by atoms with Crippen molar-refractivity contribution in [3.63, 3.8) is 0 Å². The molecular weight excluding hydrogens is 464 g/mol. The lowest BCUT2D eigenvalue weighted by molar-refractivity contribution is 0.0956. The molecule has 1 amide bonds. The summed E-state index contributed by atoms with van der Waals surface area (Å²) in [6.07, 6.45) is 0. The zero-order valence-electron chi connectivity index (χ0n) is 17.9. The van der Waals surface area contributed by atoms with Crippen LogP contribution < -0.4 is 9.62 Å². The summed E-state index contributed by atoms with van der Waals surface area (Å²) in [5.41, 5.74) is 3.46. The standard InChI is InChI=1S/C24H25ClN2O3S2/c1-18-4-3-5-19(16-18)17-31-15-14-26-24(28)20-6-10-22(11-7-20)27(2)32(29,30)23-12-8-21(25)9-13-23/h3-13,16H,14-15,17H2,1-2H3,(H,26,28). The number of hydrogen-bond acceptors (Lipinski definition) is 4. The average Bonchev–Trinajstić information content (AvgIpc) is 2.78. The van der Waals surface area contributed by atoms with E-state index in [0.717, 1.165) is 11.5 Å². The zero-order valence-corrected chi connectivity index (χ0v) is 20.3. The van der Waals surface area contributed by atoms with Crippen LogP contribution in [0.5, 0.6) is 0 Å². The van der Waals surface area contributed by atoms with E-state index in [-0.39, 0.29) is 10.8 Å². The topological polar surface area (TPSA) is 66.5 Å². The summed E-state index contributed by atoms with van der Waals surface area (Å²) >= 11 is 7.61. The molecule has 0 aliphatic carbocycles.